The van der Waals surface area contributed by atoms with E-state index in [1.54, 1.807) is 17.0 Å². The predicted molar refractivity (Wildman–Crippen MR) is 113 cm³/mol. The van der Waals surface area contributed by atoms with Gasteiger partial charge in [0.1, 0.15) is 5.82 Å². The van der Waals surface area contributed by atoms with E-state index in [0.29, 0.717) is 5.56 Å². The van der Waals surface area contributed by atoms with E-state index in [9.17, 15) is 14.0 Å². The molecule has 1 fully saturated rings. The molecule has 3 rings (SSSR count). The third-order valence-corrected chi connectivity index (χ3v) is 5.33. The van der Waals surface area contributed by atoms with E-state index in [4.69, 9.17) is 0 Å². The van der Waals surface area contributed by atoms with Crippen LogP contribution in [0.5, 0.6) is 0 Å². The second-order valence-corrected chi connectivity index (χ2v) is 7.46. The number of amides is 2. The summed E-state index contributed by atoms with van der Waals surface area (Å²) in [5.41, 5.74) is 1.71. The van der Waals surface area contributed by atoms with Crippen molar-refractivity contribution in [2.45, 2.75) is 32.2 Å². The second-order valence-electron chi connectivity index (χ2n) is 7.46. The van der Waals surface area contributed by atoms with Crippen LogP contribution < -0.4 is 10.2 Å². The van der Waals surface area contributed by atoms with Crippen LogP contribution >= 0.6 is 0 Å². The first kappa shape index (κ1) is 20.8. The lowest BCUT2D eigenvalue weighted by Gasteiger charge is -2.35. The number of nitrogens with zero attached hydrogens (tertiary/aromatic N) is 2. The molecule has 0 spiro atoms. The first-order chi connectivity index (χ1) is 14.0. The summed E-state index contributed by atoms with van der Waals surface area (Å²) in [6.07, 6.45) is 2.40. The smallest absolute Gasteiger partial charge is 0.255 e. The number of hydrogen-bond donors (Lipinski definition) is 1. The number of para-hydroxylation sites is 1. The number of nitrogens with one attached hydrogen (secondary N) is 1. The van der Waals surface area contributed by atoms with Gasteiger partial charge in [-0.05, 0) is 43.5 Å². The molecule has 2 amide bonds. The highest BCUT2D eigenvalue weighted by Gasteiger charge is 2.25. The first-order valence-electron chi connectivity index (χ1n) is 10.2. The Hall–Kier alpha value is -2.89. The summed E-state index contributed by atoms with van der Waals surface area (Å²) < 4.78 is 13.8. The maximum atomic E-state index is 13.8. The van der Waals surface area contributed by atoms with Crippen molar-refractivity contribution in [2.75, 3.05) is 31.6 Å². The van der Waals surface area contributed by atoms with Crippen molar-refractivity contribution >= 4 is 17.5 Å². The molecule has 1 aliphatic rings. The number of benzene rings is 2. The van der Waals surface area contributed by atoms with Gasteiger partial charge in [-0.1, -0.05) is 31.2 Å². The van der Waals surface area contributed by atoms with Gasteiger partial charge in [-0.15, -0.1) is 0 Å². The van der Waals surface area contributed by atoms with Crippen LogP contribution in [0.1, 0.15) is 46.9 Å². The number of halogens is 1. The minimum Gasteiger partial charge on any atom is -0.371 e. The lowest BCUT2D eigenvalue weighted by Crippen LogP contribution is -2.45. The van der Waals surface area contributed by atoms with Crippen LogP contribution in [0.25, 0.3) is 0 Å². The molecule has 1 saturated heterocycles. The average Bonchev–Trinajstić information content (AvgIpc) is 2.74. The number of anilines is 1. The Kier molecular flexibility index (Phi) is 6.86. The number of hydrogen-bond acceptors (Lipinski definition) is 3. The summed E-state index contributed by atoms with van der Waals surface area (Å²) in [5.74, 6) is -0.859. The van der Waals surface area contributed by atoms with E-state index in [1.807, 2.05) is 31.3 Å². The van der Waals surface area contributed by atoms with Crippen LogP contribution in [0.3, 0.4) is 0 Å². The Morgan fingerprint density at radius 1 is 1.07 bits per heavy atom. The fraction of sp³-hybridized carbons (Fsp3) is 0.391. The quantitative estimate of drug-likeness (QED) is 0.809. The van der Waals surface area contributed by atoms with Crippen molar-refractivity contribution in [1.29, 1.82) is 0 Å². The molecule has 154 valence electrons. The van der Waals surface area contributed by atoms with Gasteiger partial charge < -0.3 is 15.1 Å². The largest absolute Gasteiger partial charge is 0.371 e. The monoisotopic (exact) mass is 397 g/mol. The van der Waals surface area contributed by atoms with Crippen LogP contribution in [0.4, 0.5) is 10.1 Å². The van der Waals surface area contributed by atoms with Gasteiger partial charge >= 0.3 is 0 Å². The lowest BCUT2D eigenvalue weighted by atomic mass is 10.0. The van der Waals surface area contributed by atoms with Gasteiger partial charge in [0, 0.05) is 38.4 Å². The summed E-state index contributed by atoms with van der Waals surface area (Å²) in [6, 6.07) is 13.7. The van der Waals surface area contributed by atoms with Crippen LogP contribution in [0.15, 0.2) is 48.5 Å². The molecular weight excluding hydrogens is 369 g/mol. The molecule has 29 heavy (non-hydrogen) atoms. The van der Waals surface area contributed by atoms with E-state index < -0.39 is 5.82 Å². The van der Waals surface area contributed by atoms with Gasteiger partial charge in [0.05, 0.1) is 11.1 Å². The zero-order valence-corrected chi connectivity index (χ0v) is 17.0. The Morgan fingerprint density at radius 3 is 2.34 bits per heavy atom. The van der Waals surface area contributed by atoms with E-state index in [2.05, 4.69) is 17.1 Å². The van der Waals surface area contributed by atoms with Crippen LogP contribution in [-0.4, -0.2) is 49.4 Å². The lowest BCUT2D eigenvalue weighted by molar-refractivity contribution is 0.0795. The van der Waals surface area contributed by atoms with Crippen molar-refractivity contribution < 1.29 is 14.0 Å². The summed E-state index contributed by atoms with van der Waals surface area (Å²) in [4.78, 5) is 29.1. The molecule has 0 atom stereocenters. The predicted octanol–water partition coefficient (Wildman–Crippen LogP) is 3.71. The molecule has 2 aromatic rings. The topological polar surface area (TPSA) is 52.7 Å². The molecule has 1 N–H and O–H groups in total. The van der Waals surface area contributed by atoms with Crippen LogP contribution in [0, 0.1) is 5.82 Å². The highest BCUT2D eigenvalue weighted by atomic mass is 19.1. The van der Waals surface area contributed by atoms with E-state index in [1.165, 1.54) is 12.1 Å². The number of rotatable bonds is 6. The van der Waals surface area contributed by atoms with Gasteiger partial charge in [0.25, 0.3) is 11.8 Å². The molecule has 0 unspecified atom stereocenters. The molecule has 0 aliphatic carbocycles. The standard InChI is InChI=1S/C23H28FN3O2/c1-3-14-26(2)23(29)19-9-5-7-11-21(19)27-15-12-17(13-16-27)25-22(28)18-8-4-6-10-20(18)24/h4-11,17H,3,12-16H2,1-2H3,(H,25,28). The van der Waals surface area contributed by atoms with Crippen molar-refractivity contribution in [1.82, 2.24) is 10.2 Å². The maximum absolute atomic E-state index is 13.8. The molecule has 2 aromatic carbocycles. The molecule has 0 radical (unpaired) electrons. The van der Waals surface area contributed by atoms with Crippen molar-refractivity contribution in [3.8, 4) is 0 Å². The summed E-state index contributed by atoms with van der Waals surface area (Å²) in [5, 5.41) is 2.94. The zero-order valence-electron chi connectivity index (χ0n) is 17.0. The molecule has 0 bridgehead atoms. The van der Waals surface area contributed by atoms with E-state index in [0.717, 1.165) is 44.6 Å². The Labute approximate surface area is 171 Å². The summed E-state index contributed by atoms with van der Waals surface area (Å²) >= 11 is 0. The van der Waals surface area contributed by atoms with E-state index in [-0.39, 0.29) is 23.4 Å². The zero-order chi connectivity index (χ0) is 20.8. The number of piperidine rings is 1. The molecule has 0 aromatic heterocycles. The second kappa shape index (κ2) is 9.54. The minimum atomic E-state index is -0.508. The number of carbonyl (C=O) groups excluding carboxylic acids is 2. The van der Waals surface area contributed by atoms with Gasteiger partial charge in [0.2, 0.25) is 0 Å². The summed E-state index contributed by atoms with van der Waals surface area (Å²) in [6.45, 7) is 4.22. The fourth-order valence-corrected chi connectivity index (χ4v) is 3.75. The molecule has 6 heteroatoms. The minimum absolute atomic E-state index is 0.0102. The van der Waals surface area contributed by atoms with E-state index >= 15 is 0 Å². The van der Waals surface area contributed by atoms with Crippen LogP contribution in [-0.2, 0) is 0 Å². The average molecular weight is 397 g/mol. The Balaban J connectivity index is 1.63. The Bertz CT molecular complexity index is 863. The van der Waals surface area contributed by atoms with Crippen molar-refractivity contribution in [3.05, 3.63) is 65.5 Å². The van der Waals surface area contributed by atoms with Gasteiger partial charge in [-0.3, -0.25) is 9.59 Å². The third-order valence-electron chi connectivity index (χ3n) is 5.33. The Morgan fingerprint density at radius 2 is 1.69 bits per heavy atom. The fourth-order valence-electron chi connectivity index (χ4n) is 3.75. The normalized spacial score (nSPS) is 14.5. The van der Waals surface area contributed by atoms with Gasteiger partial charge in [-0.25, -0.2) is 4.39 Å². The number of carbonyl (C=O) groups is 2. The molecule has 5 nitrogen and oxygen atoms in total. The van der Waals surface area contributed by atoms with Gasteiger partial charge in [-0.2, -0.15) is 0 Å². The summed E-state index contributed by atoms with van der Waals surface area (Å²) in [7, 11) is 1.83. The van der Waals surface area contributed by atoms with Crippen LogP contribution in [0.2, 0.25) is 0 Å². The molecule has 0 saturated carbocycles. The highest BCUT2D eigenvalue weighted by Crippen LogP contribution is 2.25. The first-order valence-corrected chi connectivity index (χ1v) is 10.2. The van der Waals surface area contributed by atoms with Crippen molar-refractivity contribution in [2.24, 2.45) is 0 Å². The molecule has 1 heterocycles. The van der Waals surface area contributed by atoms with Crippen molar-refractivity contribution in [3.63, 3.8) is 0 Å². The molecular formula is C23H28FN3O2. The molecule has 1 aliphatic heterocycles. The third kappa shape index (κ3) is 4.94. The maximum Gasteiger partial charge on any atom is 0.255 e. The highest BCUT2D eigenvalue weighted by molar-refractivity contribution is 5.99. The SMILES string of the molecule is CCCN(C)C(=O)c1ccccc1N1CCC(NC(=O)c2ccccc2F)CC1. The van der Waals surface area contributed by atoms with Gasteiger partial charge in [0.15, 0.2) is 0 Å².